The average Bonchev–Trinajstić information content (AvgIpc) is 2.94. The number of hydrogen-bond donors (Lipinski definition) is 1. The summed E-state index contributed by atoms with van der Waals surface area (Å²) >= 11 is 1.64. The van der Waals surface area contributed by atoms with Gasteiger partial charge in [-0.1, -0.05) is 49.2 Å². The Kier molecular flexibility index (Phi) is 6.42. The standard InChI is InChI=1S/C19H27N3O2S2/c1-15-16(2)22(17-9-5-3-6-10-17)19(21-15)25-14-13-20-26(23,24)18-11-7-4-8-12-18/h4,7-8,11-12,17,20H,3,5-6,9-10,13-14H2,1-2H3. The number of aryl methyl sites for hydroxylation is 1. The van der Waals surface area contributed by atoms with Crippen LogP contribution in [0.15, 0.2) is 40.4 Å². The van der Waals surface area contributed by atoms with E-state index < -0.39 is 10.0 Å². The van der Waals surface area contributed by atoms with Crippen LogP contribution in [-0.4, -0.2) is 30.3 Å². The fourth-order valence-corrected chi connectivity index (χ4v) is 5.66. The fourth-order valence-electron chi connectivity index (χ4n) is 3.47. The van der Waals surface area contributed by atoms with Crippen LogP contribution in [0.1, 0.15) is 49.5 Å². The van der Waals surface area contributed by atoms with Gasteiger partial charge in [-0.15, -0.1) is 0 Å². The summed E-state index contributed by atoms with van der Waals surface area (Å²) in [6.07, 6.45) is 6.31. The van der Waals surface area contributed by atoms with Crippen LogP contribution in [0.3, 0.4) is 0 Å². The lowest BCUT2D eigenvalue weighted by atomic mass is 9.95. The van der Waals surface area contributed by atoms with E-state index in [1.54, 1.807) is 36.0 Å². The highest BCUT2D eigenvalue weighted by atomic mass is 32.2. The molecule has 2 aromatic rings. The zero-order valence-electron chi connectivity index (χ0n) is 15.4. The minimum Gasteiger partial charge on any atom is -0.320 e. The van der Waals surface area contributed by atoms with Gasteiger partial charge in [0.2, 0.25) is 10.0 Å². The maximum atomic E-state index is 12.3. The summed E-state index contributed by atoms with van der Waals surface area (Å²) in [5.74, 6) is 0.661. The third kappa shape index (κ3) is 4.50. The van der Waals surface area contributed by atoms with Crippen molar-refractivity contribution in [3.05, 3.63) is 41.7 Å². The Bertz CT molecular complexity index is 826. The van der Waals surface area contributed by atoms with E-state index in [9.17, 15) is 8.42 Å². The molecule has 0 saturated heterocycles. The van der Waals surface area contributed by atoms with Crippen LogP contribution in [0.4, 0.5) is 0 Å². The first-order chi connectivity index (χ1) is 12.5. The van der Waals surface area contributed by atoms with Gasteiger partial charge in [0.15, 0.2) is 5.16 Å². The lowest BCUT2D eigenvalue weighted by molar-refractivity contribution is 0.332. The van der Waals surface area contributed by atoms with E-state index in [1.807, 2.05) is 6.07 Å². The highest BCUT2D eigenvalue weighted by Crippen LogP contribution is 2.34. The van der Waals surface area contributed by atoms with Gasteiger partial charge in [0.1, 0.15) is 0 Å². The number of imidazole rings is 1. The topological polar surface area (TPSA) is 64.0 Å². The second-order valence-corrected chi connectivity index (χ2v) is 9.62. The first-order valence-corrected chi connectivity index (χ1v) is 11.7. The Morgan fingerprint density at radius 1 is 1.15 bits per heavy atom. The highest BCUT2D eigenvalue weighted by Gasteiger charge is 2.22. The van der Waals surface area contributed by atoms with Gasteiger partial charge in [-0.05, 0) is 38.8 Å². The summed E-state index contributed by atoms with van der Waals surface area (Å²) in [4.78, 5) is 5.03. The van der Waals surface area contributed by atoms with Gasteiger partial charge in [-0.25, -0.2) is 18.1 Å². The lowest BCUT2D eigenvalue weighted by Gasteiger charge is -2.26. The van der Waals surface area contributed by atoms with Crippen molar-refractivity contribution < 1.29 is 8.42 Å². The molecular weight excluding hydrogens is 366 g/mol. The number of rotatable bonds is 7. The number of aromatic nitrogens is 2. The Morgan fingerprint density at radius 2 is 1.85 bits per heavy atom. The number of nitrogens with zero attached hydrogens (tertiary/aromatic N) is 2. The SMILES string of the molecule is Cc1nc(SCCNS(=O)(=O)c2ccccc2)n(C2CCCCC2)c1C. The molecule has 0 bridgehead atoms. The molecule has 1 fully saturated rings. The first kappa shape index (κ1) is 19.5. The maximum Gasteiger partial charge on any atom is 0.240 e. The quantitative estimate of drug-likeness (QED) is 0.569. The minimum absolute atomic E-state index is 0.306. The summed E-state index contributed by atoms with van der Waals surface area (Å²) in [5.41, 5.74) is 2.31. The molecule has 1 aliphatic rings. The molecule has 1 N–H and O–H groups in total. The molecule has 0 aliphatic heterocycles. The monoisotopic (exact) mass is 393 g/mol. The third-order valence-electron chi connectivity index (χ3n) is 4.97. The molecule has 0 spiro atoms. The Hall–Kier alpha value is -1.31. The van der Waals surface area contributed by atoms with Crippen LogP contribution in [0.25, 0.3) is 0 Å². The summed E-state index contributed by atoms with van der Waals surface area (Å²) < 4.78 is 29.6. The van der Waals surface area contributed by atoms with Crippen LogP contribution in [0, 0.1) is 13.8 Å². The van der Waals surface area contributed by atoms with Crippen molar-refractivity contribution in [3.8, 4) is 0 Å². The van der Waals surface area contributed by atoms with Crippen LogP contribution in [0.5, 0.6) is 0 Å². The molecule has 1 heterocycles. The van der Waals surface area contributed by atoms with Crippen LogP contribution in [0.2, 0.25) is 0 Å². The van der Waals surface area contributed by atoms with Crippen molar-refractivity contribution in [1.82, 2.24) is 14.3 Å². The highest BCUT2D eigenvalue weighted by molar-refractivity contribution is 7.99. The van der Waals surface area contributed by atoms with Gasteiger partial charge >= 0.3 is 0 Å². The zero-order valence-corrected chi connectivity index (χ0v) is 17.1. The van der Waals surface area contributed by atoms with E-state index in [0.717, 1.165) is 10.9 Å². The Balaban J connectivity index is 1.61. The van der Waals surface area contributed by atoms with Gasteiger partial charge in [-0.3, -0.25) is 0 Å². The summed E-state index contributed by atoms with van der Waals surface area (Å²) in [7, 11) is -3.44. The van der Waals surface area contributed by atoms with E-state index in [1.165, 1.54) is 37.8 Å². The fraction of sp³-hybridized carbons (Fsp3) is 0.526. The number of hydrogen-bond acceptors (Lipinski definition) is 4. The second kappa shape index (κ2) is 8.59. The van der Waals surface area contributed by atoms with Gasteiger partial charge in [0.05, 0.1) is 10.6 Å². The molecular formula is C19H27N3O2S2. The molecule has 0 amide bonds. The predicted octanol–water partition coefficient (Wildman–Crippen LogP) is 4.08. The summed E-state index contributed by atoms with van der Waals surface area (Å²) in [6.45, 7) is 4.58. The molecule has 0 radical (unpaired) electrons. The summed E-state index contributed by atoms with van der Waals surface area (Å²) in [5, 5.41) is 1.02. The molecule has 26 heavy (non-hydrogen) atoms. The van der Waals surface area contributed by atoms with Crippen LogP contribution < -0.4 is 4.72 Å². The van der Waals surface area contributed by atoms with E-state index in [-0.39, 0.29) is 0 Å². The molecule has 1 aromatic heterocycles. The lowest BCUT2D eigenvalue weighted by Crippen LogP contribution is -2.26. The number of sulfonamides is 1. The van der Waals surface area contributed by atoms with E-state index in [2.05, 4.69) is 23.1 Å². The van der Waals surface area contributed by atoms with Gasteiger partial charge in [0.25, 0.3) is 0 Å². The van der Waals surface area contributed by atoms with Crippen LogP contribution >= 0.6 is 11.8 Å². The van der Waals surface area contributed by atoms with Crippen molar-refractivity contribution in [2.24, 2.45) is 0 Å². The van der Waals surface area contributed by atoms with Crippen molar-refractivity contribution in [1.29, 1.82) is 0 Å². The second-order valence-electron chi connectivity index (χ2n) is 6.79. The normalized spacial score (nSPS) is 16.1. The number of benzene rings is 1. The Labute approximate surface area is 160 Å². The largest absolute Gasteiger partial charge is 0.320 e. The van der Waals surface area contributed by atoms with E-state index in [4.69, 9.17) is 4.98 Å². The number of nitrogens with one attached hydrogen (secondary N) is 1. The van der Waals surface area contributed by atoms with E-state index in [0.29, 0.717) is 23.2 Å². The summed E-state index contributed by atoms with van der Waals surface area (Å²) in [6, 6.07) is 9.03. The van der Waals surface area contributed by atoms with Crippen molar-refractivity contribution in [3.63, 3.8) is 0 Å². The average molecular weight is 394 g/mol. The van der Waals surface area contributed by atoms with E-state index >= 15 is 0 Å². The van der Waals surface area contributed by atoms with Crippen molar-refractivity contribution in [2.45, 2.75) is 62.0 Å². The maximum absolute atomic E-state index is 12.3. The zero-order chi connectivity index (χ0) is 18.6. The molecule has 0 atom stereocenters. The molecule has 5 nitrogen and oxygen atoms in total. The molecule has 142 valence electrons. The Morgan fingerprint density at radius 3 is 2.54 bits per heavy atom. The smallest absolute Gasteiger partial charge is 0.240 e. The van der Waals surface area contributed by atoms with Crippen molar-refractivity contribution >= 4 is 21.8 Å². The minimum atomic E-state index is -3.44. The van der Waals surface area contributed by atoms with Crippen molar-refractivity contribution in [2.75, 3.05) is 12.3 Å². The number of thioether (sulfide) groups is 1. The molecule has 1 saturated carbocycles. The molecule has 7 heteroatoms. The predicted molar refractivity (Wildman–Crippen MR) is 106 cm³/mol. The van der Waals surface area contributed by atoms with Gasteiger partial charge in [-0.2, -0.15) is 0 Å². The van der Waals surface area contributed by atoms with Crippen LogP contribution in [-0.2, 0) is 10.0 Å². The molecule has 3 rings (SSSR count). The molecule has 1 aromatic carbocycles. The van der Waals surface area contributed by atoms with Gasteiger partial charge < -0.3 is 4.57 Å². The third-order valence-corrected chi connectivity index (χ3v) is 7.40. The molecule has 0 unspecified atom stereocenters. The molecule has 1 aliphatic carbocycles. The first-order valence-electron chi connectivity index (χ1n) is 9.22. The van der Waals surface area contributed by atoms with Gasteiger partial charge in [0, 0.05) is 24.0 Å².